The van der Waals surface area contributed by atoms with Crippen LogP contribution in [-0.2, 0) is 4.79 Å². The number of urea groups is 1. The van der Waals surface area contributed by atoms with Gasteiger partial charge in [0.2, 0.25) is 11.8 Å². The Morgan fingerprint density at radius 1 is 1.32 bits per heavy atom. The van der Waals surface area contributed by atoms with E-state index in [9.17, 15) is 9.59 Å². The van der Waals surface area contributed by atoms with Crippen molar-refractivity contribution in [2.24, 2.45) is 11.8 Å². The Kier molecular flexibility index (Phi) is 7.12. The molecule has 0 bridgehead atoms. The third-order valence-corrected chi connectivity index (χ3v) is 5.56. The maximum atomic E-state index is 12.4. The number of nitrogens with one attached hydrogen (secondary N) is 1. The maximum Gasteiger partial charge on any atom is 0.317 e. The van der Waals surface area contributed by atoms with Crippen LogP contribution in [0.4, 0.5) is 4.79 Å². The lowest BCUT2D eigenvalue weighted by molar-refractivity contribution is -0.128. The van der Waals surface area contributed by atoms with Crippen molar-refractivity contribution in [2.45, 2.75) is 39.5 Å². The van der Waals surface area contributed by atoms with Gasteiger partial charge in [-0.3, -0.25) is 4.79 Å². The van der Waals surface area contributed by atoms with Gasteiger partial charge in [0.05, 0.1) is 6.61 Å². The first kappa shape index (κ1) is 20.4. The average molecular weight is 389 g/mol. The Morgan fingerprint density at radius 3 is 2.82 bits per heavy atom. The van der Waals surface area contributed by atoms with Crippen molar-refractivity contribution in [1.82, 2.24) is 20.1 Å². The van der Waals surface area contributed by atoms with Crippen LogP contribution in [0.5, 0.6) is 5.88 Å². The van der Waals surface area contributed by atoms with Crippen molar-refractivity contribution in [3.05, 3.63) is 23.9 Å². The normalized spacial score (nSPS) is 20.5. The zero-order valence-corrected chi connectivity index (χ0v) is 17.0. The van der Waals surface area contributed by atoms with Gasteiger partial charge in [0.15, 0.2) is 0 Å². The quantitative estimate of drug-likeness (QED) is 0.779. The molecule has 0 aromatic carbocycles. The first-order valence-electron chi connectivity index (χ1n) is 10.4. The summed E-state index contributed by atoms with van der Waals surface area (Å²) in [5.41, 5.74) is 1.11. The molecule has 7 nitrogen and oxygen atoms in total. The van der Waals surface area contributed by atoms with Crippen LogP contribution in [0, 0.1) is 18.8 Å². The van der Waals surface area contributed by atoms with E-state index in [4.69, 9.17) is 4.74 Å². The maximum absolute atomic E-state index is 12.4. The van der Waals surface area contributed by atoms with Crippen molar-refractivity contribution >= 4 is 11.9 Å². The summed E-state index contributed by atoms with van der Waals surface area (Å²) in [4.78, 5) is 32.5. The van der Waals surface area contributed by atoms with E-state index in [2.05, 4.69) is 17.2 Å². The zero-order chi connectivity index (χ0) is 19.9. The third-order valence-electron chi connectivity index (χ3n) is 5.56. The number of carbonyl (C=O) groups excluding carboxylic acids is 2. The van der Waals surface area contributed by atoms with Gasteiger partial charge in [-0.2, -0.15) is 0 Å². The van der Waals surface area contributed by atoms with E-state index >= 15 is 0 Å². The minimum Gasteiger partial charge on any atom is -0.477 e. The van der Waals surface area contributed by atoms with Crippen LogP contribution >= 0.6 is 0 Å². The largest absolute Gasteiger partial charge is 0.477 e. The molecule has 2 aliphatic heterocycles. The highest BCUT2D eigenvalue weighted by Gasteiger charge is 2.33. The van der Waals surface area contributed by atoms with Gasteiger partial charge >= 0.3 is 6.03 Å². The second-order valence-corrected chi connectivity index (χ2v) is 8.01. The molecule has 1 unspecified atom stereocenters. The van der Waals surface area contributed by atoms with Crippen LogP contribution in [0.1, 0.15) is 38.2 Å². The molecular formula is C21H32N4O3. The number of likely N-dealkylation sites (tertiary alicyclic amines) is 2. The summed E-state index contributed by atoms with van der Waals surface area (Å²) in [6.45, 7) is 8.40. The molecule has 1 aromatic heterocycles. The molecule has 3 rings (SSSR count). The highest BCUT2D eigenvalue weighted by molar-refractivity contribution is 5.78. The number of ether oxygens (including phenoxy) is 1. The van der Waals surface area contributed by atoms with Crippen molar-refractivity contribution < 1.29 is 14.3 Å². The van der Waals surface area contributed by atoms with Crippen molar-refractivity contribution in [1.29, 1.82) is 0 Å². The second kappa shape index (κ2) is 9.75. The molecule has 28 heavy (non-hydrogen) atoms. The van der Waals surface area contributed by atoms with E-state index in [0.717, 1.165) is 57.5 Å². The molecule has 1 atom stereocenters. The lowest BCUT2D eigenvalue weighted by Crippen LogP contribution is -2.46. The standard InChI is InChI=1S/C21H32N4O3/c1-3-7-23-21(27)24-9-5-17(6-10-24)13-25-14-18(12-20(25)26)15-28-19-11-16(2)4-8-22-19/h4,8,11,17-18H,3,5-7,9-10,12-15H2,1-2H3,(H,23,27). The number of nitrogens with zero attached hydrogens (tertiary/aromatic N) is 3. The lowest BCUT2D eigenvalue weighted by Gasteiger charge is -2.34. The summed E-state index contributed by atoms with van der Waals surface area (Å²) in [6.07, 6.45) is 5.15. The van der Waals surface area contributed by atoms with E-state index in [1.54, 1.807) is 6.20 Å². The summed E-state index contributed by atoms with van der Waals surface area (Å²) >= 11 is 0. The topological polar surface area (TPSA) is 74.8 Å². The van der Waals surface area contributed by atoms with Crippen molar-refractivity contribution in [3.63, 3.8) is 0 Å². The van der Waals surface area contributed by atoms with Crippen LogP contribution in [0.3, 0.4) is 0 Å². The summed E-state index contributed by atoms with van der Waals surface area (Å²) in [5.74, 6) is 1.53. The van der Waals surface area contributed by atoms with E-state index in [1.807, 2.05) is 28.9 Å². The molecule has 0 aliphatic carbocycles. The monoisotopic (exact) mass is 388 g/mol. The zero-order valence-electron chi connectivity index (χ0n) is 17.0. The number of hydrogen-bond donors (Lipinski definition) is 1. The molecule has 154 valence electrons. The molecule has 0 spiro atoms. The Balaban J connectivity index is 1.39. The summed E-state index contributed by atoms with van der Waals surface area (Å²) in [7, 11) is 0. The Hall–Kier alpha value is -2.31. The van der Waals surface area contributed by atoms with Crippen LogP contribution in [0.2, 0.25) is 0 Å². The highest BCUT2D eigenvalue weighted by Crippen LogP contribution is 2.24. The van der Waals surface area contributed by atoms with Gasteiger partial charge in [-0.05, 0) is 43.7 Å². The SMILES string of the molecule is CCCNC(=O)N1CCC(CN2CC(COc3cc(C)ccn3)CC2=O)CC1. The van der Waals surface area contributed by atoms with Gasteiger partial charge in [-0.25, -0.2) is 9.78 Å². The molecule has 3 amide bonds. The number of piperidine rings is 1. The number of hydrogen-bond acceptors (Lipinski definition) is 4. The first-order valence-corrected chi connectivity index (χ1v) is 10.4. The molecule has 2 saturated heterocycles. The van der Waals surface area contributed by atoms with Gasteiger partial charge in [0.25, 0.3) is 0 Å². The van der Waals surface area contributed by atoms with Gasteiger partial charge in [0, 0.05) is 57.3 Å². The van der Waals surface area contributed by atoms with Gasteiger partial charge in [-0.15, -0.1) is 0 Å². The Bertz CT molecular complexity index is 673. The predicted molar refractivity (Wildman–Crippen MR) is 107 cm³/mol. The fourth-order valence-corrected chi connectivity index (χ4v) is 3.91. The summed E-state index contributed by atoms with van der Waals surface area (Å²) < 4.78 is 5.79. The highest BCUT2D eigenvalue weighted by atomic mass is 16.5. The molecular weight excluding hydrogens is 356 g/mol. The minimum absolute atomic E-state index is 0.0412. The molecule has 2 fully saturated rings. The molecule has 3 heterocycles. The van der Waals surface area contributed by atoms with E-state index in [-0.39, 0.29) is 17.9 Å². The summed E-state index contributed by atoms with van der Waals surface area (Å²) in [6, 6.07) is 3.89. The van der Waals surface area contributed by atoms with E-state index < -0.39 is 0 Å². The van der Waals surface area contributed by atoms with Gasteiger partial charge in [0.1, 0.15) is 0 Å². The molecule has 0 radical (unpaired) electrons. The number of carbonyl (C=O) groups is 2. The average Bonchev–Trinajstić information content (AvgIpc) is 3.04. The van der Waals surface area contributed by atoms with Crippen LogP contribution < -0.4 is 10.1 Å². The van der Waals surface area contributed by atoms with E-state index in [1.165, 1.54) is 0 Å². The van der Waals surface area contributed by atoms with Crippen molar-refractivity contribution in [2.75, 3.05) is 39.3 Å². The number of amides is 3. The smallest absolute Gasteiger partial charge is 0.317 e. The number of pyridine rings is 1. The first-order chi connectivity index (χ1) is 13.5. The van der Waals surface area contributed by atoms with Gasteiger partial charge in [-0.1, -0.05) is 6.92 Å². The molecule has 1 aromatic rings. The van der Waals surface area contributed by atoms with E-state index in [0.29, 0.717) is 24.8 Å². The van der Waals surface area contributed by atoms with Crippen molar-refractivity contribution in [3.8, 4) is 5.88 Å². The Labute approximate surface area is 167 Å². The fourth-order valence-electron chi connectivity index (χ4n) is 3.91. The number of aromatic nitrogens is 1. The predicted octanol–water partition coefficient (Wildman–Crippen LogP) is 2.45. The molecule has 1 N–H and O–H groups in total. The summed E-state index contributed by atoms with van der Waals surface area (Å²) in [5, 5.41) is 2.94. The van der Waals surface area contributed by atoms with Crippen LogP contribution in [0.25, 0.3) is 0 Å². The molecule has 7 heteroatoms. The number of aryl methyl sites for hydroxylation is 1. The van der Waals surface area contributed by atoms with Gasteiger partial charge < -0.3 is 19.9 Å². The lowest BCUT2D eigenvalue weighted by atomic mass is 9.96. The number of rotatable bonds is 7. The minimum atomic E-state index is 0.0412. The third kappa shape index (κ3) is 5.59. The molecule has 0 saturated carbocycles. The molecule has 2 aliphatic rings. The fraction of sp³-hybridized carbons (Fsp3) is 0.667. The second-order valence-electron chi connectivity index (χ2n) is 8.01. The Morgan fingerprint density at radius 2 is 2.11 bits per heavy atom. The van der Waals surface area contributed by atoms with Crippen LogP contribution in [-0.4, -0.2) is 66.1 Å². The van der Waals surface area contributed by atoms with Crippen LogP contribution in [0.15, 0.2) is 18.3 Å².